The molecule has 1 aliphatic carbocycles. The van der Waals surface area contributed by atoms with Crippen molar-refractivity contribution in [3.05, 3.63) is 35.7 Å². The maximum Gasteiger partial charge on any atom is 0.143 e. The van der Waals surface area contributed by atoms with Crippen molar-refractivity contribution in [2.24, 2.45) is 0 Å². The van der Waals surface area contributed by atoms with Crippen molar-refractivity contribution in [2.75, 3.05) is 0 Å². The third-order valence-corrected chi connectivity index (χ3v) is 3.24. The summed E-state index contributed by atoms with van der Waals surface area (Å²) >= 11 is 0. The quantitative estimate of drug-likeness (QED) is 0.824. The Kier molecular flexibility index (Phi) is 4.97. The van der Waals surface area contributed by atoms with Gasteiger partial charge in [-0.2, -0.15) is 0 Å². The van der Waals surface area contributed by atoms with E-state index in [0.29, 0.717) is 6.04 Å². The molecule has 19 heavy (non-hydrogen) atoms. The smallest absolute Gasteiger partial charge is 0.143 e. The highest BCUT2D eigenvalue weighted by molar-refractivity contribution is 5.30. The van der Waals surface area contributed by atoms with Gasteiger partial charge >= 0.3 is 0 Å². The average Bonchev–Trinajstić information content (AvgIpc) is 2.40. The first-order valence-electron chi connectivity index (χ1n) is 7.18. The summed E-state index contributed by atoms with van der Waals surface area (Å²) in [4.78, 5) is 4.60. The van der Waals surface area contributed by atoms with Gasteiger partial charge in [-0.1, -0.05) is 19.9 Å². The summed E-state index contributed by atoms with van der Waals surface area (Å²) in [5.74, 6) is 0.912. The van der Waals surface area contributed by atoms with Gasteiger partial charge in [-0.15, -0.1) is 0 Å². The molecule has 1 N–H and O–H groups in total. The zero-order chi connectivity index (χ0) is 13.7. The molecule has 0 saturated carbocycles. The van der Waals surface area contributed by atoms with Crippen LogP contribution in [0.1, 0.15) is 44.5 Å². The Morgan fingerprint density at radius 2 is 2.26 bits per heavy atom. The lowest BCUT2D eigenvalue weighted by Gasteiger charge is -2.20. The number of pyridine rings is 1. The van der Waals surface area contributed by atoms with Crippen LogP contribution in [-0.4, -0.2) is 17.1 Å². The van der Waals surface area contributed by atoms with Gasteiger partial charge in [-0.25, -0.2) is 0 Å². The van der Waals surface area contributed by atoms with E-state index in [1.807, 2.05) is 19.1 Å². The molecule has 0 spiro atoms. The summed E-state index contributed by atoms with van der Waals surface area (Å²) in [5.41, 5.74) is 2.04. The summed E-state index contributed by atoms with van der Waals surface area (Å²) < 4.78 is 6.08. The normalized spacial score (nSPS) is 18.8. The summed E-state index contributed by atoms with van der Waals surface area (Å²) in [6, 6.07) is 4.51. The first-order chi connectivity index (χ1) is 9.15. The molecule has 2 rings (SSSR count). The minimum absolute atomic E-state index is 0.205. The molecule has 0 amide bonds. The lowest BCUT2D eigenvalue weighted by atomic mass is 10.1. The van der Waals surface area contributed by atoms with Crippen LogP contribution in [0.2, 0.25) is 0 Å². The maximum atomic E-state index is 6.08. The fraction of sp³-hybridized carbons (Fsp3) is 0.562. The van der Waals surface area contributed by atoms with Crippen LogP contribution >= 0.6 is 0 Å². The molecule has 1 heterocycles. The molecule has 1 aromatic heterocycles. The number of aryl methyl sites for hydroxylation is 1. The third kappa shape index (κ3) is 4.35. The van der Waals surface area contributed by atoms with Crippen molar-refractivity contribution < 1.29 is 4.74 Å². The van der Waals surface area contributed by atoms with Gasteiger partial charge in [0, 0.05) is 18.3 Å². The number of ether oxygens (including phenoxy) is 1. The van der Waals surface area contributed by atoms with Crippen molar-refractivity contribution in [2.45, 2.75) is 58.7 Å². The maximum absolute atomic E-state index is 6.08. The number of nitrogens with zero attached hydrogens (tertiary/aromatic N) is 1. The molecule has 3 nitrogen and oxygen atoms in total. The minimum Gasteiger partial charge on any atom is -0.484 e. The Bertz CT molecular complexity index is 440. The molecule has 0 saturated heterocycles. The molecule has 0 fully saturated rings. The minimum atomic E-state index is 0.205. The molecule has 3 heteroatoms. The average molecular weight is 260 g/mol. The zero-order valence-electron chi connectivity index (χ0n) is 12.1. The van der Waals surface area contributed by atoms with E-state index in [2.05, 4.69) is 36.3 Å². The van der Waals surface area contributed by atoms with Crippen LogP contribution in [0.15, 0.2) is 24.3 Å². The highest BCUT2D eigenvalue weighted by atomic mass is 16.5. The van der Waals surface area contributed by atoms with E-state index >= 15 is 0 Å². The van der Waals surface area contributed by atoms with E-state index in [1.54, 1.807) is 0 Å². The zero-order valence-corrected chi connectivity index (χ0v) is 12.1. The van der Waals surface area contributed by atoms with Crippen LogP contribution in [-0.2, 0) is 6.54 Å². The predicted octanol–water partition coefficient (Wildman–Crippen LogP) is 3.38. The van der Waals surface area contributed by atoms with E-state index in [9.17, 15) is 0 Å². The van der Waals surface area contributed by atoms with Crippen LogP contribution in [0.4, 0.5) is 0 Å². The van der Waals surface area contributed by atoms with Gasteiger partial charge in [0.2, 0.25) is 0 Å². The number of rotatable bonds is 5. The molecule has 0 radical (unpaired) electrons. The van der Waals surface area contributed by atoms with Crippen LogP contribution in [0.3, 0.4) is 0 Å². The first kappa shape index (κ1) is 14.1. The van der Waals surface area contributed by atoms with Crippen molar-refractivity contribution in [1.82, 2.24) is 10.3 Å². The number of nitrogens with one attached hydrogen (secondary N) is 1. The number of aromatic nitrogens is 1. The van der Waals surface area contributed by atoms with Crippen LogP contribution in [0, 0.1) is 6.92 Å². The van der Waals surface area contributed by atoms with Crippen molar-refractivity contribution in [3.8, 4) is 5.75 Å². The standard InChI is InChI=1S/C16H24N2O/c1-12(2)17-11-15-16(10-9-13(3)18-15)19-14-7-5-4-6-8-14/h5,7,9-10,12,14,17H,4,6,8,11H2,1-3H3. The third-order valence-electron chi connectivity index (χ3n) is 3.24. The number of hydrogen-bond acceptors (Lipinski definition) is 3. The summed E-state index contributed by atoms with van der Waals surface area (Å²) in [6.45, 7) is 7.05. The molecule has 1 aliphatic rings. The molecular weight excluding hydrogens is 236 g/mol. The molecule has 1 atom stereocenters. The summed E-state index contributed by atoms with van der Waals surface area (Å²) in [6.07, 6.45) is 8.07. The van der Waals surface area contributed by atoms with E-state index < -0.39 is 0 Å². The monoisotopic (exact) mass is 260 g/mol. The molecule has 1 aromatic rings. The topological polar surface area (TPSA) is 34.1 Å². The second-order valence-corrected chi connectivity index (χ2v) is 5.45. The Hall–Kier alpha value is -1.35. The number of hydrogen-bond donors (Lipinski definition) is 1. The fourth-order valence-electron chi connectivity index (χ4n) is 2.17. The molecule has 0 bridgehead atoms. The fourth-order valence-corrected chi connectivity index (χ4v) is 2.17. The lowest BCUT2D eigenvalue weighted by molar-refractivity contribution is 0.226. The van der Waals surface area contributed by atoms with Crippen molar-refractivity contribution in [3.63, 3.8) is 0 Å². The Balaban J connectivity index is 2.09. The van der Waals surface area contributed by atoms with Gasteiger partial charge in [0.1, 0.15) is 11.9 Å². The first-order valence-corrected chi connectivity index (χ1v) is 7.18. The molecule has 0 aliphatic heterocycles. The molecule has 1 unspecified atom stereocenters. The van der Waals surface area contributed by atoms with Gasteiger partial charge in [0.25, 0.3) is 0 Å². The number of allylic oxidation sites excluding steroid dienone is 1. The highest BCUT2D eigenvalue weighted by Gasteiger charge is 2.13. The van der Waals surface area contributed by atoms with Gasteiger partial charge < -0.3 is 10.1 Å². The Morgan fingerprint density at radius 3 is 2.95 bits per heavy atom. The van der Waals surface area contributed by atoms with Crippen LogP contribution in [0.5, 0.6) is 5.75 Å². The summed E-state index contributed by atoms with van der Waals surface area (Å²) in [7, 11) is 0. The second kappa shape index (κ2) is 6.71. The van der Waals surface area contributed by atoms with Crippen LogP contribution < -0.4 is 10.1 Å². The highest BCUT2D eigenvalue weighted by Crippen LogP contribution is 2.22. The SMILES string of the molecule is Cc1ccc(OC2C=CCCC2)c(CNC(C)C)n1. The molecule has 0 aromatic carbocycles. The van der Waals surface area contributed by atoms with Gasteiger partial charge in [0.05, 0.1) is 5.69 Å². The largest absolute Gasteiger partial charge is 0.484 e. The predicted molar refractivity (Wildman–Crippen MR) is 78.4 cm³/mol. The van der Waals surface area contributed by atoms with E-state index in [4.69, 9.17) is 4.74 Å². The van der Waals surface area contributed by atoms with E-state index in [-0.39, 0.29) is 6.10 Å². The molecular formula is C16H24N2O. The van der Waals surface area contributed by atoms with Crippen molar-refractivity contribution >= 4 is 0 Å². The molecule has 104 valence electrons. The van der Waals surface area contributed by atoms with Gasteiger partial charge in [-0.3, -0.25) is 4.98 Å². The second-order valence-electron chi connectivity index (χ2n) is 5.45. The van der Waals surface area contributed by atoms with E-state index in [0.717, 1.165) is 30.1 Å². The summed E-state index contributed by atoms with van der Waals surface area (Å²) in [5, 5.41) is 3.41. The van der Waals surface area contributed by atoms with Gasteiger partial charge in [-0.05, 0) is 44.4 Å². The van der Waals surface area contributed by atoms with E-state index in [1.165, 1.54) is 12.8 Å². The van der Waals surface area contributed by atoms with Crippen LogP contribution in [0.25, 0.3) is 0 Å². The van der Waals surface area contributed by atoms with Gasteiger partial charge in [0.15, 0.2) is 0 Å². The Labute approximate surface area is 116 Å². The lowest BCUT2D eigenvalue weighted by Crippen LogP contribution is -2.24. The Morgan fingerprint density at radius 1 is 1.42 bits per heavy atom. The van der Waals surface area contributed by atoms with Crippen molar-refractivity contribution in [1.29, 1.82) is 0 Å².